The molecule has 2 heterocycles. The Bertz CT molecular complexity index is 716. The van der Waals surface area contributed by atoms with Crippen molar-refractivity contribution in [3.8, 4) is 0 Å². The Balaban J connectivity index is 2.26. The van der Waals surface area contributed by atoms with E-state index in [0.717, 1.165) is 16.8 Å². The zero-order chi connectivity index (χ0) is 18.7. The second kappa shape index (κ2) is 7.86. The van der Waals surface area contributed by atoms with Crippen LogP contribution in [0.2, 0.25) is 0 Å². The van der Waals surface area contributed by atoms with Crippen molar-refractivity contribution in [1.29, 1.82) is 0 Å². The highest BCUT2D eigenvalue weighted by Gasteiger charge is 2.46. The minimum absolute atomic E-state index is 0.642. The molecule has 140 valence electrons. The van der Waals surface area contributed by atoms with Crippen LogP contribution in [0.4, 0.5) is 0 Å². The van der Waals surface area contributed by atoms with E-state index in [1.807, 2.05) is 4.98 Å². The van der Waals surface area contributed by atoms with Crippen molar-refractivity contribution in [3.63, 3.8) is 0 Å². The lowest BCUT2D eigenvalue weighted by molar-refractivity contribution is -0.220. The molecule has 0 saturated carbocycles. The third-order valence-electron chi connectivity index (χ3n) is 3.87. The molecule has 1 aromatic rings. The van der Waals surface area contributed by atoms with Crippen LogP contribution in [0.1, 0.15) is 6.23 Å². The first kappa shape index (κ1) is 19.2. The third kappa shape index (κ3) is 3.95. The molecule has 0 radical (unpaired) electrons. The molecule has 12 nitrogen and oxygen atoms in total. The van der Waals surface area contributed by atoms with Gasteiger partial charge in [0.1, 0.15) is 24.4 Å². The molecule has 0 aliphatic carbocycles. The Morgan fingerprint density at radius 3 is 2.60 bits per heavy atom. The van der Waals surface area contributed by atoms with E-state index >= 15 is 0 Å². The van der Waals surface area contributed by atoms with E-state index in [1.165, 1.54) is 0 Å². The molecule has 0 unspecified atom stereocenters. The Morgan fingerprint density at radius 2 is 2.04 bits per heavy atom. The number of aromatic nitrogens is 2. The van der Waals surface area contributed by atoms with Gasteiger partial charge in [0, 0.05) is 12.3 Å². The summed E-state index contributed by atoms with van der Waals surface area (Å²) >= 11 is 0. The fraction of sp³-hybridized carbons (Fsp3) is 0.615. The minimum atomic E-state index is -1.66. The number of amides is 1. The van der Waals surface area contributed by atoms with Crippen LogP contribution in [0.15, 0.2) is 21.9 Å². The molecule has 25 heavy (non-hydrogen) atoms. The van der Waals surface area contributed by atoms with Crippen molar-refractivity contribution in [3.05, 3.63) is 33.1 Å². The standard InChI is InChI=1S/C13H20N4O8/c14-5(3-18)11(23)16-8-6(4-19)25-12(10(22)9(8)21)17-2-1-7(20)15-13(17)24/h1-2,5-6,8-10,12,18-19,21-22H,3-4,14H2,(H,16,23)(H,15,20,24)/t5-,6+,8+,9-,10+,12+/m0/s1. The van der Waals surface area contributed by atoms with Crippen molar-refractivity contribution in [2.45, 2.75) is 36.6 Å². The molecule has 0 aromatic carbocycles. The number of aliphatic hydroxyl groups is 4. The molecule has 1 fully saturated rings. The van der Waals surface area contributed by atoms with E-state index in [4.69, 9.17) is 15.6 Å². The summed E-state index contributed by atoms with van der Waals surface area (Å²) < 4.78 is 6.26. The number of nitrogens with one attached hydrogen (secondary N) is 2. The smallest absolute Gasteiger partial charge is 0.330 e. The number of carbonyl (C=O) groups is 1. The SMILES string of the molecule is N[C@@H](CO)C(=O)N[C@H]1[C@H](O)[C@@H](O)[C@H](n2ccc(=O)[nH]c2=O)O[C@@H]1CO. The molecule has 6 atom stereocenters. The molecular weight excluding hydrogens is 340 g/mol. The van der Waals surface area contributed by atoms with Crippen LogP contribution in [0.25, 0.3) is 0 Å². The maximum atomic E-state index is 11.8. The number of hydrogen-bond acceptors (Lipinski definition) is 9. The average Bonchev–Trinajstić information content (AvgIpc) is 2.59. The minimum Gasteiger partial charge on any atom is -0.394 e. The lowest BCUT2D eigenvalue weighted by Crippen LogP contribution is -2.65. The van der Waals surface area contributed by atoms with Crippen LogP contribution in [-0.4, -0.2) is 79.5 Å². The quantitative estimate of drug-likeness (QED) is 0.268. The molecule has 1 amide bonds. The van der Waals surface area contributed by atoms with Crippen LogP contribution >= 0.6 is 0 Å². The van der Waals surface area contributed by atoms with Gasteiger partial charge in [0.25, 0.3) is 5.56 Å². The predicted molar refractivity (Wildman–Crippen MR) is 81.3 cm³/mol. The summed E-state index contributed by atoms with van der Waals surface area (Å²) in [5.41, 5.74) is 3.82. The first-order chi connectivity index (χ1) is 11.8. The molecule has 0 spiro atoms. The number of nitrogens with two attached hydrogens (primary N) is 1. The zero-order valence-corrected chi connectivity index (χ0v) is 13.0. The summed E-state index contributed by atoms with van der Waals surface area (Å²) in [5, 5.41) is 41.1. The summed E-state index contributed by atoms with van der Waals surface area (Å²) in [5.74, 6) is -0.819. The van der Waals surface area contributed by atoms with E-state index in [0.29, 0.717) is 0 Å². The average molecular weight is 360 g/mol. The van der Waals surface area contributed by atoms with E-state index in [1.54, 1.807) is 0 Å². The Labute approximate surface area is 140 Å². The van der Waals surface area contributed by atoms with Gasteiger partial charge in [0.2, 0.25) is 5.91 Å². The van der Waals surface area contributed by atoms with E-state index in [-0.39, 0.29) is 0 Å². The number of rotatable bonds is 5. The topological polar surface area (TPSA) is 200 Å². The van der Waals surface area contributed by atoms with Crippen molar-refractivity contribution < 1.29 is 30.0 Å². The first-order valence-electron chi connectivity index (χ1n) is 7.41. The number of carbonyl (C=O) groups excluding carboxylic acids is 1. The van der Waals surface area contributed by atoms with Crippen molar-refractivity contribution in [2.24, 2.45) is 5.73 Å². The monoisotopic (exact) mass is 360 g/mol. The van der Waals surface area contributed by atoms with Gasteiger partial charge < -0.3 is 36.2 Å². The molecule has 12 heteroatoms. The van der Waals surface area contributed by atoms with Crippen LogP contribution in [0.3, 0.4) is 0 Å². The van der Waals surface area contributed by atoms with Gasteiger partial charge in [-0.1, -0.05) is 0 Å². The van der Waals surface area contributed by atoms with E-state index < -0.39 is 67.0 Å². The Hall–Kier alpha value is -2.09. The third-order valence-corrected chi connectivity index (χ3v) is 3.87. The Morgan fingerprint density at radius 1 is 1.36 bits per heavy atom. The van der Waals surface area contributed by atoms with Gasteiger partial charge in [0.05, 0.1) is 19.3 Å². The maximum absolute atomic E-state index is 11.8. The molecule has 1 aliphatic heterocycles. The molecule has 8 N–H and O–H groups in total. The molecule has 0 bridgehead atoms. The Kier molecular flexibility index (Phi) is 6.05. The van der Waals surface area contributed by atoms with Gasteiger partial charge in [0.15, 0.2) is 6.23 Å². The summed E-state index contributed by atoms with van der Waals surface area (Å²) in [6.45, 7) is -1.30. The number of ether oxygens (including phenoxy) is 1. The number of H-pyrrole nitrogens is 1. The van der Waals surface area contributed by atoms with Gasteiger partial charge in [-0.05, 0) is 0 Å². The molecule has 1 saturated heterocycles. The normalized spacial score (nSPS) is 30.7. The second-order valence-electron chi connectivity index (χ2n) is 5.57. The van der Waals surface area contributed by atoms with E-state index in [2.05, 4.69) is 5.32 Å². The summed E-state index contributed by atoms with van der Waals surface area (Å²) in [6, 6.07) is -1.48. The number of nitrogens with zero attached hydrogens (tertiary/aromatic N) is 1. The van der Waals surface area contributed by atoms with Crippen LogP contribution in [0.5, 0.6) is 0 Å². The predicted octanol–water partition coefficient (Wildman–Crippen LogP) is -5.05. The lowest BCUT2D eigenvalue weighted by atomic mass is 9.95. The van der Waals surface area contributed by atoms with Crippen LogP contribution < -0.4 is 22.3 Å². The van der Waals surface area contributed by atoms with Gasteiger partial charge in [-0.3, -0.25) is 19.1 Å². The summed E-state index contributed by atoms with van der Waals surface area (Å²) in [4.78, 5) is 36.7. The summed E-state index contributed by atoms with van der Waals surface area (Å²) in [6.07, 6.45) is -4.81. The highest BCUT2D eigenvalue weighted by atomic mass is 16.5. The van der Waals surface area contributed by atoms with Gasteiger partial charge in [-0.15, -0.1) is 0 Å². The van der Waals surface area contributed by atoms with Crippen molar-refractivity contribution >= 4 is 5.91 Å². The molecule has 2 rings (SSSR count). The maximum Gasteiger partial charge on any atom is 0.330 e. The second-order valence-corrected chi connectivity index (χ2v) is 5.57. The van der Waals surface area contributed by atoms with Crippen LogP contribution in [0, 0.1) is 0 Å². The molecular formula is C13H20N4O8. The number of aliphatic hydroxyl groups excluding tert-OH is 4. The number of aromatic amines is 1. The largest absolute Gasteiger partial charge is 0.394 e. The highest BCUT2D eigenvalue weighted by Crippen LogP contribution is 2.27. The van der Waals surface area contributed by atoms with Crippen LogP contribution in [-0.2, 0) is 9.53 Å². The van der Waals surface area contributed by atoms with Gasteiger partial charge in [-0.2, -0.15) is 0 Å². The first-order valence-corrected chi connectivity index (χ1v) is 7.41. The lowest BCUT2D eigenvalue weighted by Gasteiger charge is -2.43. The van der Waals surface area contributed by atoms with Gasteiger partial charge >= 0.3 is 5.69 Å². The van der Waals surface area contributed by atoms with Crippen molar-refractivity contribution in [2.75, 3.05) is 13.2 Å². The van der Waals surface area contributed by atoms with Gasteiger partial charge in [-0.25, -0.2) is 4.79 Å². The van der Waals surface area contributed by atoms with E-state index in [9.17, 15) is 29.7 Å². The molecule has 1 aromatic heterocycles. The summed E-state index contributed by atoms with van der Waals surface area (Å²) in [7, 11) is 0. The fourth-order valence-electron chi connectivity index (χ4n) is 2.49. The molecule has 1 aliphatic rings. The number of hydrogen-bond donors (Lipinski definition) is 7. The zero-order valence-electron chi connectivity index (χ0n) is 13.0. The highest BCUT2D eigenvalue weighted by molar-refractivity contribution is 5.82. The van der Waals surface area contributed by atoms with Crippen molar-refractivity contribution in [1.82, 2.24) is 14.9 Å². The fourth-order valence-corrected chi connectivity index (χ4v) is 2.49.